The van der Waals surface area contributed by atoms with Crippen LogP contribution in [-0.4, -0.2) is 138 Å². The summed E-state index contributed by atoms with van der Waals surface area (Å²) in [7, 11) is 0. The molecule has 0 radical (unpaired) electrons. The molecule has 0 unspecified atom stereocenters. The summed E-state index contributed by atoms with van der Waals surface area (Å²) in [6.45, 7) is 14.5. The van der Waals surface area contributed by atoms with Gasteiger partial charge in [0, 0.05) is 78.8 Å². The number of aryl methyl sites for hydroxylation is 2. The molecule has 16 nitrogen and oxygen atoms in total. The van der Waals surface area contributed by atoms with Crippen LogP contribution in [0.2, 0.25) is 0 Å². The van der Waals surface area contributed by atoms with Gasteiger partial charge in [-0.2, -0.15) is 0 Å². The van der Waals surface area contributed by atoms with Gasteiger partial charge in [0.25, 0.3) is 11.8 Å². The van der Waals surface area contributed by atoms with Crippen molar-refractivity contribution in [2.45, 2.75) is 65.7 Å². The summed E-state index contributed by atoms with van der Waals surface area (Å²) >= 11 is 0. The summed E-state index contributed by atoms with van der Waals surface area (Å²) in [5.41, 5.74) is 16.1. The molecule has 3 aromatic heterocycles. The number of fused-ring (bicyclic) bond motifs is 8. The van der Waals surface area contributed by atoms with E-state index in [1.54, 1.807) is 6.21 Å². The number of nitrogens with two attached hydrogens (primary N) is 1. The van der Waals surface area contributed by atoms with E-state index < -0.39 is 17.8 Å². The van der Waals surface area contributed by atoms with Gasteiger partial charge in [-0.25, -0.2) is 4.98 Å². The number of oxime groups is 1. The second-order valence-corrected chi connectivity index (χ2v) is 15.5. The van der Waals surface area contributed by atoms with Crippen molar-refractivity contribution in [1.29, 1.82) is 0 Å². The van der Waals surface area contributed by atoms with Crippen LogP contribution in [0.4, 0.5) is 0 Å². The lowest BCUT2D eigenvalue weighted by atomic mass is 9.84. The average Bonchev–Trinajstić information content (AvgIpc) is 3.92. The number of carbonyl (C=O) groups excluding carboxylic acids is 3. The van der Waals surface area contributed by atoms with Crippen molar-refractivity contribution < 1.29 is 38.5 Å². The van der Waals surface area contributed by atoms with E-state index in [1.807, 2.05) is 39.0 Å². The number of aliphatic hydroxyl groups excluding tert-OH is 1. The highest BCUT2D eigenvalue weighted by atomic mass is 16.6. The number of nitrogens with zero attached hydrogens (tertiary/aromatic N) is 5. The fraction of sp³-hybridized carbons (Fsp3) is 0.500. The molecule has 2 atom stereocenters. The Hall–Kier alpha value is -5.26. The van der Waals surface area contributed by atoms with Gasteiger partial charge in [-0.05, 0) is 74.1 Å². The highest BCUT2D eigenvalue weighted by molar-refractivity contribution is 6.23. The molecular formula is C44H56N8O8. The lowest BCUT2D eigenvalue weighted by Crippen LogP contribution is -2.47. The molecule has 0 aliphatic carbocycles. The summed E-state index contributed by atoms with van der Waals surface area (Å²) < 4.78 is 16.2. The number of hydrogen-bond donors (Lipinski definition) is 4. The van der Waals surface area contributed by atoms with Crippen molar-refractivity contribution in [3.05, 3.63) is 68.8 Å². The lowest BCUT2D eigenvalue weighted by Gasteiger charge is -2.31. The van der Waals surface area contributed by atoms with E-state index >= 15 is 0 Å². The molecule has 7 rings (SSSR count). The Morgan fingerprint density at radius 3 is 2.47 bits per heavy atom. The molecule has 1 saturated heterocycles. The highest BCUT2D eigenvalue weighted by Gasteiger charge is 2.41. The quantitative estimate of drug-likeness (QED) is 0.0508. The second kappa shape index (κ2) is 19.0. The van der Waals surface area contributed by atoms with E-state index in [0.29, 0.717) is 105 Å². The predicted molar refractivity (Wildman–Crippen MR) is 228 cm³/mol. The third-order valence-electron chi connectivity index (χ3n) is 11.9. The molecule has 1 fully saturated rings. The number of H-pyrrole nitrogens is 2. The number of aromatic amines is 2. The number of carbonyl (C=O) groups is 3. The minimum atomic E-state index is -0.456. The zero-order valence-corrected chi connectivity index (χ0v) is 35.2. The van der Waals surface area contributed by atoms with E-state index in [4.69, 9.17) is 34.7 Å². The van der Waals surface area contributed by atoms with Gasteiger partial charge in [-0.15, -0.1) is 0 Å². The number of aliphatic hydroxyl groups is 1. The van der Waals surface area contributed by atoms with Crippen molar-refractivity contribution >= 4 is 57.2 Å². The lowest BCUT2D eigenvalue weighted by molar-refractivity contribution is -0.144. The zero-order chi connectivity index (χ0) is 42.5. The Morgan fingerprint density at radius 2 is 1.72 bits per heavy atom. The maximum Gasteiger partial charge on any atom is 0.305 e. The fourth-order valence-corrected chi connectivity index (χ4v) is 8.51. The SMILES string of the molecule is CCC1=C(C)c2cc3[nH]c(cc4nc(c5c6[nH]c(cc1n2)c(C)c6C(=O)N(CCN1CCOCC1)C5=O)[C@@H](CCC(=O)OCCO)[C@@H]4C)c(C)c3/C=N\OCCOCCN. The Balaban J connectivity index is 1.46. The van der Waals surface area contributed by atoms with Gasteiger partial charge in [0.1, 0.15) is 13.2 Å². The van der Waals surface area contributed by atoms with Gasteiger partial charge in [0.2, 0.25) is 0 Å². The molecule has 5 N–H and O–H groups in total. The Morgan fingerprint density at radius 1 is 0.967 bits per heavy atom. The molecule has 4 aliphatic rings. The number of aromatic nitrogens is 4. The molecule has 60 heavy (non-hydrogen) atoms. The monoisotopic (exact) mass is 824 g/mol. The van der Waals surface area contributed by atoms with Crippen molar-refractivity contribution in [2.24, 2.45) is 10.9 Å². The van der Waals surface area contributed by atoms with Crippen LogP contribution in [0, 0.1) is 13.8 Å². The van der Waals surface area contributed by atoms with E-state index in [9.17, 15) is 19.5 Å². The molecule has 320 valence electrons. The van der Waals surface area contributed by atoms with Crippen LogP contribution < -0.4 is 5.73 Å². The standard InChI is InChI=1S/C44H56N8O8/c1-6-29-25(2)33-22-37-31(24-46-60-20-19-57-15-9-45)27(4)32(48-37)21-34-26(3)30(7-8-38(54)59-18-14-53)41(49-34)40-42-39(28(5)35(50-42)23-36(29)47-33)43(55)52(44(40)56)11-10-51-12-16-58-17-13-51/h21-24,26,30,48,50,53H,6-20,45H2,1-5H3/b32-21?,33-22?,34-21?,35-23?,36-23?,37-22?,41-40?,46-24-/t26-,30-/m0/s1. The number of nitrogens with one attached hydrogen (secondary N) is 2. The van der Waals surface area contributed by atoms with Gasteiger partial charge in [0.05, 0.1) is 73.0 Å². The summed E-state index contributed by atoms with van der Waals surface area (Å²) in [6, 6.07) is 5.96. The van der Waals surface area contributed by atoms with E-state index in [-0.39, 0.29) is 44.6 Å². The molecule has 16 heteroatoms. The summed E-state index contributed by atoms with van der Waals surface area (Å²) in [6.07, 6.45) is 2.76. The number of amides is 2. The first-order valence-electron chi connectivity index (χ1n) is 20.9. The maximum atomic E-state index is 15.0. The van der Waals surface area contributed by atoms with Gasteiger partial charge >= 0.3 is 5.97 Å². The van der Waals surface area contributed by atoms with Gasteiger partial charge in [-0.1, -0.05) is 19.0 Å². The Labute approximate surface area is 349 Å². The second-order valence-electron chi connectivity index (χ2n) is 15.5. The molecule has 3 aromatic rings. The molecule has 0 saturated carbocycles. The van der Waals surface area contributed by atoms with Crippen molar-refractivity contribution in [1.82, 2.24) is 29.7 Å². The summed E-state index contributed by atoms with van der Waals surface area (Å²) in [5.74, 6) is -1.90. The predicted octanol–water partition coefficient (Wildman–Crippen LogP) is 4.73. The molecular weight excluding hydrogens is 769 g/mol. The van der Waals surface area contributed by atoms with Crippen LogP contribution in [0.3, 0.4) is 0 Å². The average molecular weight is 825 g/mol. The number of imide groups is 1. The van der Waals surface area contributed by atoms with Crippen molar-refractivity contribution in [2.75, 3.05) is 79.0 Å². The van der Waals surface area contributed by atoms with E-state index in [2.05, 4.69) is 33.9 Å². The van der Waals surface area contributed by atoms with Crippen molar-refractivity contribution in [3.63, 3.8) is 0 Å². The van der Waals surface area contributed by atoms with Crippen LogP contribution in [0.25, 0.3) is 33.2 Å². The van der Waals surface area contributed by atoms with Crippen molar-refractivity contribution in [3.8, 4) is 0 Å². The minimum absolute atomic E-state index is 0.0422. The number of morpholine rings is 1. The highest BCUT2D eigenvalue weighted by Crippen LogP contribution is 2.44. The Bertz CT molecular complexity index is 2360. The minimum Gasteiger partial charge on any atom is -0.463 e. The molecule has 8 bridgehead atoms. The van der Waals surface area contributed by atoms with Crippen LogP contribution in [0.5, 0.6) is 0 Å². The third kappa shape index (κ3) is 8.65. The maximum absolute atomic E-state index is 15.0. The molecule has 7 heterocycles. The first-order valence-corrected chi connectivity index (χ1v) is 20.9. The number of esters is 1. The van der Waals surface area contributed by atoms with Crippen LogP contribution in [-0.2, 0) is 23.8 Å². The summed E-state index contributed by atoms with van der Waals surface area (Å²) in [4.78, 5) is 68.9. The third-order valence-corrected chi connectivity index (χ3v) is 11.9. The fourth-order valence-electron chi connectivity index (χ4n) is 8.51. The number of allylic oxidation sites excluding steroid dienone is 2. The number of ether oxygens (including phenoxy) is 3. The van der Waals surface area contributed by atoms with Crippen LogP contribution in [0.15, 0.2) is 23.4 Å². The zero-order valence-electron chi connectivity index (χ0n) is 35.2. The molecule has 0 aromatic carbocycles. The number of hydrogen-bond acceptors (Lipinski definition) is 13. The normalized spacial score (nSPS) is 18.3. The van der Waals surface area contributed by atoms with Crippen LogP contribution in [0.1, 0.15) is 112 Å². The smallest absolute Gasteiger partial charge is 0.305 e. The molecule has 0 spiro atoms. The van der Waals surface area contributed by atoms with E-state index in [1.165, 1.54) is 4.90 Å². The Kier molecular flexibility index (Phi) is 13.6. The topological polar surface area (TPSA) is 211 Å². The van der Waals surface area contributed by atoms with E-state index in [0.717, 1.165) is 44.7 Å². The molecule has 4 aliphatic heterocycles. The van der Waals surface area contributed by atoms with Gasteiger partial charge in [-0.3, -0.25) is 29.2 Å². The summed E-state index contributed by atoms with van der Waals surface area (Å²) in [5, 5.41) is 13.6. The van der Waals surface area contributed by atoms with Gasteiger partial charge in [0.15, 0.2) is 0 Å². The van der Waals surface area contributed by atoms with Crippen LogP contribution >= 0.6 is 0 Å². The first kappa shape index (κ1) is 42.8. The molecule has 2 amide bonds. The van der Waals surface area contributed by atoms with Gasteiger partial charge < -0.3 is 39.9 Å². The number of rotatable bonds is 16. The largest absolute Gasteiger partial charge is 0.463 e. The first-order chi connectivity index (χ1) is 29.1.